The van der Waals surface area contributed by atoms with Crippen LogP contribution in [0.5, 0.6) is 0 Å². The van der Waals surface area contributed by atoms with E-state index < -0.39 is 0 Å². The number of amides is 1. The van der Waals surface area contributed by atoms with Gasteiger partial charge in [0.15, 0.2) is 0 Å². The van der Waals surface area contributed by atoms with Crippen LogP contribution in [-0.4, -0.2) is 35.3 Å². The summed E-state index contributed by atoms with van der Waals surface area (Å²) in [5.74, 6) is 0.218. The number of carbonyl (C=O) groups is 1. The third-order valence-electron chi connectivity index (χ3n) is 2.66. The van der Waals surface area contributed by atoms with E-state index in [1.54, 1.807) is 10.9 Å². The molecule has 19 heavy (non-hydrogen) atoms. The van der Waals surface area contributed by atoms with Gasteiger partial charge in [0.25, 0.3) is 5.91 Å². The molecule has 0 atom stereocenters. The van der Waals surface area contributed by atoms with E-state index in [4.69, 9.17) is 0 Å². The van der Waals surface area contributed by atoms with Crippen molar-refractivity contribution in [3.8, 4) is 0 Å². The van der Waals surface area contributed by atoms with E-state index >= 15 is 0 Å². The van der Waals surface area contributed by atoms with Crippen LogP contribution in [0.15, 0.2) is 6.20 Å². The Morgan fingerprint density at radius 2 is 2.05 bits per heavy atom. The highest BCUT2D eigenvalue weighted by Gasteiger charge is 2.17. The molecule has 0 aromatic carbocycles. The Kier molecular flexibility index (Phi) is 8.43. The fourth-order valence-electron chi connectivity index (χ4n) is 1.77. The first-order chi connectivity index (χ1) is 8.56. The van der Waals surface area contributed by atoms with Gasteiger partial charge in [0.05, 0.1) is 11.3 Å². The molecule has 5 nitrogen and oxygen atoms in total. The number of halogens is 1. The number of aryl methyl sites for hydroxylation is 1. The van der Waals surface area contributed by atoms with E-state index in [1.807, 2.05) is 20.9 Å². The second-order valence-corrected chi connectivity index (χ2v) is 4.76. The van der Waals surface area contributed by atoms with Crippen LogP contribution in [-0.2, 0) is 7.05 Å². The fourth-order valence-corrected chi connectivity index (χ4v) is 1.77. The number of carbonyl (C=O) groups excluding carboxylic acids is 1. The Morgan fingerprint density at radius 1 is 1.37 bits per heavy atom. The van der Waals surface area contributed by atoms with Crippen molar-refractivity contribution in [1.29, 1.82) is 0 Å². The molecule has 0 saturated heterocycles. The van der Waals surface area contributed by atoms with Crippen molar-refractivity contribution in [2.75, 3.05) is 19.6 Å². The highest BCUT2D eigenvalue weighted by atomic mass is 35.5. The van der Waals surface area contributed by atoms with Crippen molar-refractivity contribution in [3.63, 3.8) is 0 Å². The first-order valence-electron chi connectivity index (χ1n) is 6.58. The van der Waals surface area contributed by atoms with E-state index in [2.05, 4.69) is 22.7 Å². The summed E-state index contributed by atoms with van der Waals surface area (Å²) in [4.78, 5) is 12.0. The molecule has 1 aromatic rings. The zero-order chi connectivity index (χ0) is 13.5. The summed E-state index contributed by atoms with van der Waals surface area (Å²) < 4.78 is 1.69. The summed E-state index contributed by atoms with van der Waals surface area (Å²) in [7, 11) is 1.84. The largest absolute Gasteiger partial charge is 0.351 e. The van der Waals surface area contributed by atoms with Gasteiger partial charge in [0, 0.05) is 26.3 Å². The molecule has 2 N–H and O–H groups in total. The average molecular weight is 289 g/mol. The maximum Gasteiger partial charge on any atom is 0.254 e. The lowest BCUT2D eigenvalue weighted by molar-refractivity contribution is 0.0952. The van der Waals surface area contributed by atoms with Crippen LogP contribution in [0.3, 0.4) is 0 Å². The quantitative estimate of drug-likeness (QED) is 0.751. The van der Waals surface area contributed by atoms with E-state index in [9.17, 15) is 4.79 Å². The van der Waals surface area contributed by atoms with Gasteiger partial charge in [-0.1, -0.05) is 20.8 Å². The molecule has 0 aliphatic rings. The molecule has 6 heteroatoms. The first kappa shape index (κ1) is 17.9. The monoisotopic (exact) mass is 288 g/mol. The summed E-state index contributed by atoms with van der Waals surface area (Å²) in [6.45, 7) is 8.64. The molecule has 0 unspecified atom stereocenters. The molecule has 0 spiro atoms. The third kappa shape index (κ3) is 5.61. The van der Waals surface area contributed by atoms with Gasteiger partial charge >= 0.3 is 0 Å². The Bertz CT molecular complexity index is 390. The predicted molar refractivity (Wildman–Crippen MR) is 80.0 cm³/mol. The topological polar surface area (TPSA) is 58.9 Å². The van der Waals surface area contributed by atoms with Crippen molar-refractivity contribution >= 4 is 18.3 Å². The van der Waals surface area contributed by atoms with Crippen LogP contribution in [0, 0.1) is 0 Å². The predicted octanol–water partition coefficient (Wildman–Crippen LogP) is 1.69. The van der Waals surface area contributed by atoms with E-state index in [0.717, 1.165) is 25.2 Å². The van der Waals surface area contributed by atoms with Crippen LogP contribution in [0.25, 0.3) is 0 Å². The number of rotatable bonds is 7. The Labute approximate surface area is 121 Å². The van der Waals surface area contributed by atoms with Crippen LogP contribution >= 0.6 is 12.4 Å². The molecule has 0 aliphatic carbocycles. The standard InChI is InChI=1S/C13H24N4O.ClH/c1-5-6-14-7-8-15-13(18)11-9-17(4)16-12(11)10(2)3;/h9-10,14H,5-8H2,1-4H3,(H,15,18);1H. The second kappa shape index (κ2) is 8.93. The van der Waals surface area contributed by atoms with Crippen molar-refractivity contribution < 1.29 is 4.79 Å². The molecule has 1 aromatic heterocycles. The molecule has 0 saturated carbocycles. The normalized spacial score (nSPS) is 10.4. The Morgan fingerprint density at radius 3 is 2.63 bits per heavy atom. The maximum atomic E-state index is 12.0. The zero-order valence-corrected chi connectivity index (χ0v) is 13.0. The Hall–Kier alpha value is -1.07. The van der Waals surface area contributed by atoms with Crippen LogP contribution in [0.4, 0.5) is 0 Å². The molecule has 0 bridgehead atoms. The maximum absolute atomic E-state index is 12.0. The number of aromatic nitrogens is 2. The lowest BCUT2D eigenvalue weighted by Crippen LogP contribution is -2.32. The van der Waals surface area contributed by atoms with Gasteiger partial charge in [-0.2, -0.15) is 5.10 Å². The smallest absolute Gasteiger partial charge is 0.254 e. The molecule has 0 fully saturated rings. The van der Waals surface area contributed by atoms with Gasteiger partial charge in [0.1, 0.15) is 0 Å². The first-order valence-corrected chi connectivity index (χ1v) is 6.58. The average Bonchev–Trinajstić information content (AvgIpc) is 2.71. The fraction of sp³-hybridized carbons (Fsp3) is 0.692. The minimum absolute atomic E-state index is 0. The minimum Gasteiger partial charge on any atom is -0.351 e. The molecule has 110 valence electrons. The molecule has 1 heterocycles. The third-order valence-corrected chi connectivity index (χ3v) is 2.66. The lowest BCUT2D eigenvalue weighted by Gasteiger charge is -2.07. The summed E-state index contributed by atoms with van der Waals surface area (Å²) in [5.41, 5.74) is 1.54. The summed E-state index contributed by atoms with van der Waals surface area (Å²) in [5, 5.41) is 10.5. The minimum atomic E-state index is -0.0369. The van der Waals surface area contributed by atoms with Gasteiger partial charge in [-0.15, -0.1) is 12.4 Å². The summed E-state index contributed by atoms with van der Waals surface area (Å²) in [6.07, 6.45) is 2.89. The summed E-state index contributed by atoms with van der Waals surface area (Å²) in [6, 6.07) is 0. The van der Waals surface area contributed by atoms with Crippen LogP contribution < -0.4 is 10.6 Å². The molecular weight excluding hydrogens is 264 g/mol. The van der Waals surface area contributed by atoms with Gasteiger partial charge in [-0.3, -0.25) is 9.48 Å². The van der Waals surface area contributed by atoms with E-state index in [-0.39, 0.29) is 24.2 Å². The van der Waals surface area contributed by atoms with Gasteiger partial charge in [-0.05, 0) is 18.9 Å². The van der Waals surface area contributed by atoms with Gasteiger partial charge in [0.2, 0.25) is 0 Å². The second-order valence-electron chi connectivity index (χ2n) is 4.76. The highest BCUT2D eigenvalue weighted by molar-refractivity contribution is 5.95. The van der Waals surface area contributed by atoms with Crippen molar-refractivity contribution in [3.05, 3.63) is 17.5 Å². The summed E-state index contributed by atoms with van der Waals surface area (Å²) >= 11 is 0. The van der Waals surface area contributed by atoms with Crippen molar-refractivity contribution in [2.24, 2.45) is 7.05 Å². The van der Waals surface area contributed by atoms with Crippen molar-refractivity contribution in [2.45, 2.75) is 33.1 Å². The van der Waals surface area contributed by atoms with E-state index in [1.165, 1.54) is 0 Å². The van der Waals surface area contributed by atoms with E-state index in [0.29, 0.717) is 12.1 Å². The highest BCUT2D eigenvalue weighted by Crippen LogP contribution is 2.16. The zero-order valence-electron chi connectivity index (χ0n) is 12.2. The van der Waals surface area contributed by atoms with Crippen LogP contribution in [0.2, 0.25) is 0 Å². The molecule has 0 radical (unpaired) electrons. The number of hydrogen-bond donors (Lipinski definition) is 2. The number of hydrogen-bond acceptors (Lipinski definition) is 3. The molecular formula is C13H25ClN4O. The lowest BCUT2D eigenvalue weighted by atomic mass is 10.1. The number of nitrogens with one attached hydrogen (secondary N) is 2. The Balaban J connectivity index is 0.00000324. The van der Waals surface area contributed by atoms with Gasteiger partial charge in [-0.25, -0.2) is 0 Å². The van der Waals surface area contributed by atoms with Gasteiger partial charge < -0.3 is 10.6 Å². The SMILES string of the molecule is CCCNCCNC(=O)c1cn(C)nc1C(C)C.Cl. The van der Waals surface area contributed by atoms with Crippen LogP contribution in [0.1, 0.15) is 49.2 Å². The van der Waals surface area contributed by atoms with Crippen molar-refractivity contribution in [1.82, 2.24) is 20.4 Å². The number of nitrogens with zero attached hydrogens (tertiary/aromatic N) is 2. The molecule has 0 aliphatic heterocycles. The molecule has 1 rings (SSSR count). The molecule has 1 amide bonds.